The van der Waals surface area contributed by atoms with Gasteiger partial charge in [-0.2, -0.15) is 0 Å². The van der Waals surface area contributed by atoms with E-state index in [1.807, 2.05) is 45.0 Å². The summed E-state index contributed by atoms with van der Waals surface area (Å²) in [6.07, 6.45) is 6.30. The molecule has 0 radical (unpaired) electrons. The van der Waals surface area contributed by atoms with Crippen molar-refractivity contribution in [1.82, 2.24) is 10.2 Å². The van der Waals surface area contributed by atoms with E-state index in [0.717, 1.165) is 47.9 Å². The Morgan fingerprint density at radius 3 is 2.42 bits per heavy atom. The molecule has 1 atom stereocenters. The summed E-state index contributed by atoms with van der Waals surface area (Å²) in [5.74, 6) is -0.140. The van der Waals surface area contributed by atoms with Crippen molar-refractivity contribution in [3.05, 3.63) is 68.7 Å². The number of carbonyl (C=O) groups is 2. The van der Waals surface area contributed by atoms with Crippen LogP contribution < -0.4 is 5.32 Å². The van der Waals surface area contributed by atoms with Crippen molar-refractivity contribution in [3.8, 4) is 0 Å². The topological polar surface area (TPSA) is 49.4 Å². The first-order chi connectivity index (χ1) is 15.8. The van der Waals surface area contributed by atoms with E-state index in [2.05, 4.69) is 5.32 Å². The molecule has 2 aromatic carbocycles. The Balaban J connectivity index is 1.86. The van der Waals surface area contributed by atoms with Crippen LogP contribution in [0.15, 0.2) is 36.4 Å². The number of hydrogen-bond donors (Lipinski definition) is 1. The largest absolute Gasteiger partial charge is 0.352 e. The van der Waals surface area contributed by atoms with Crippen LogP contribution in [0.2, 0.25) is 10.0 Å². The molecule has 0 heterocycles. The van der Waals surface area contributed by atoms with Crippen molar-refractivity contribution in [2.45, 2.75) is 84.3 Å². The smallest absolute Gasteiger partial charge is 0.243 e. The first-order valence-corrected chi connectivity index (χ1v) is 12.6. The molecule has 0 aliphatic heterocycles. The molecule has 0 spiro atoms. The predicted octanol–water partition coefficient (Wildman–Crippen LogP) is 6.41. The van der Waals surface area contributed by atoms with Gasteiger partial charge in [-0.1, -0.05) is 79.2 Å². The van der Waals surface area contributed by atoms with Crippen LogP contribution in [0.3, 0.4) is 0 Å². The molecule has 0 saturated heterocycles. The average Bonchev–Trinajstić information content (AvgIpc) is 2.79. The molecule has 1 saturated carbocycles. The molecule has 2 aromatic rings. The van der Waals surface area contributed by atoms with Crippen molar-refractivity contribution in [1.29, 1.82) is 0 Å². The third-order valence-corrected chi connectivity index (χ3v) is 7.26. The summed E-state index contributed by atoms with van der Waals surface area (Å²) < 4.78 is 0. The lowest BCUT2D eigenvalue weighted by molar-refractivity contribution is -0.141. The highest BCUT2D eigenvalue weighted by molar-refractivity contribution is 6.42. The van der Waals surface area contributed by atoms with E-state index in [9.17, 15) is 9.59 Å². The summed E-state index contributed by atoms with van der Waals surface area (Å²) >= 11 is 12.3. The molecule has 178 valence electrons. The van der Waals surface area contributed by atoms with Crippen LogP contribution in [-0.2, 0) is 22.6 Å². The number of nitrogens with one attached hydrogen (secondary N) is 1. The first kappa shape index (κ1) is 25.6. The van der Waals surface area contributed by atoms with Gasteiger partial charge in [0.1, 0.15) is 6.04 Å². The molecule has 1 aliphatic rings. The zero-order valence-electron chi connectivity index (χ0n) is 19.8. The average molecular weight is 489 g/mol. The molecule has 4 nitrogen and oxygen atoms in total. The molecule has 2 amide bonds. The number of carbonyl (C=O) groups excluding carboxylic acids is 2. The minimum Gasteiger partial charge on any atom is -0.352 e. The predicted molar refractivity (Wildman–Crippen MR) is 136 cm³/mol. The van der Waals surface area contributed by atoms with Crippen LogP contribution in [0, 0.1) is 13.8 Å². The second-order valence-electron chi connectivity index (χ2n) is 9.14. The van der Waals surface area contributed by atoms with Crippen molar-refractivity contribution in [2.75, 3.05) is 0 Å². The quantitative estimate of drug-likeness (QED) is 0.466. The van der Waals surface area contributed by atoms with Crippen LogP contribution >= 0.6 is 23.2 Å². The van der Waals surface area contributed by atoms with Crippen LogP contribution in [0.5, 0.6) is 0 Å². The normalized spacial score (nSPS) is 15.2. The van der Waals surface area contributed by atoms with Gasteiger partial charge in [-0.3, -0.25) is 9.59 Å². The third kappa shape index (κ3) is 6.97. The van der Waals surface area contributed by atoms with Gasteiger partial charge in [0.25, 0.3) is 0 Å². The zero-order chi connectivity index (χ0) is 24.0. The lowest BCUT2D eigenvalue weighted by Crippen LogP contribution is -2.52. The van der Waals surface area contributed by atoms with Crippen LogP contribution in [-0.4, -0.2) is 28.8 Å². The van der Waals surface area contributed by atoms with Gasteiger partial charge in [0, 0.05) is 12.6 Å². The highest BCUT2D eigenvalue weighted by atomic mass is 35.5. The van der Waals surface area contributed by atoms with Gasteiger partial charge in [0.2, 0.25) is 11.8 Å². The fourth-order valence-corrected chi connectivity index (χ4v) is 4.87. The number of hydrogen-bond acceptors (Lipinski definition) is 2. The minimum atomic E-state index is -0.543. The second kappa shape index (κ2) is 11.9. The number of amides is 2. The molecule has 1 fully saturated rings. The Labute approximate surface area is 207 Å². The number of aryl methyl sites for hydroxylation is 2. The Morgan fingerprint density at radius 1 is 1.03 bits per heavy atom. The van der Waals surface area contributed by atoms with E-state index in [-0.39, 0.29) is 24.3 Å². The van der Waals surface area contributed by atoms with Gasteiger partial charge in [-0.15, -0.1) is 0 Å². The van der Waals surface area contributed by atoms with Gasteiger partial charge in [-0.25, -0.2) is 0 Å². The van der Waals surface area contributed by atoms with Gasteiger partial charge in [0.05, 0.1) is 16.5 Å². The van der Waals surface area contributed by atoms with E-state index < -0.39 is 6.04 Å². The molecule has 0 bridgehead atoms. The fraction of sp³-hybridized carbons (Fsp3) is 0.481. The summed E-state index contributed by atoms with van der Waals surface area (Å²) in [4.78, 5) is 28.6. The van der Waals surface area contributed by atoms with Crippen molar-refractivity contribution in [3.63, 3.8) is 0 Å². The van der Waals surface area contributed by atoms with Crippen LogP contribution in [0.1, 0.15) is 67.7 Å². The molecule has 6 heteroatoms. The van der Waals surface area contributed by atoms with Crippen molar-refractivity contribution >= 4 is 35.0 Å². The van der Waals surface area contributed by atoms with E-state index >= 15 is 0 Å². The van der Waals surface area contributed by atoms with Crippen molar-refractivity contribution < 1.29 is 9.59 Å². The van der Waals surface area contributed by atoms with E-state index in [0.29, 0.717) is 23.0 Å². The number of benzene rings is 2. The Hall–Kier alpha value is -2.04. The maximum atomic E-state index is 13.6. The summed E-state index contributed by atoms with van der Waals surface area (Å²) in [5, 5.41) is 4.12. The maximum Gasteiger partial charge on any atom is 0.243 e. The molecule has 1 N–H and O–H groups in total. The fourth-order valence-electron chi connectivity index (χ4n) is 4.55. The molecule has 0 unspecified atom stereocenters. The summed E-state index contributed by atoms with van der Waals surface area (Å²) in [7, 11) is 0. The lowest BCUT2D eigenvalue weighted by Gasteiger charge is -2.33. The maximum absolute atomic E-state index is 13.6. The standard InChI is InChI=1S/C27H34Cl2N2O2/c1-4-25(27(33)30-22-8-6-5-7-9-22)31(17-20-12-13-23(28)24(29)15-20)26(32)16-21-14-18(2)10-11-19(21)3/h10-15,22,25H,4-9,16-17H2,1-3H3,(H,30,33)/t25-/m0/s1. The SMILES string of the molecule is CC[C@@H](C(=O)NC1CCCCC1)N(Cc1ccc(Cl)c(Cl)c1)C(=O)Cc1cc(C)ccc1C. The van der Waals surface area contributed by atoms with Crippen molar-refractivity contribution in [2.24, 2.45) is 0 Å². The Morgan fingerprint density at radius 2 is 1.76 bits per heavy atom. The number of halogens is 2. The zero-order valence-corrected chi connectivity index (χ0v) is 21.3. The molecular formula is C27H34Cl2N2O2. The third-order valence-electron chi connectivity index (χ3n) is 6.52. The van der Waals surface area contributed by atoms with Gasteiger partial charge >= 0.3 is 0 Å². The number of rotatable bonds is 8. The summed E-state index contributed by atoms with van der Waals surface area (Å²) in [6.45, 7) is 6.29. The van der Waals surface area contributed by atoms with E-state index in [4.69, 9.17) is 23.2 Å². The second-order valence-corrected chi connectivity index (χ2v) is 9.96. The summed E-state index contributed by atoms with van der Waals surface area (Å²) in [5.41, 5.74) is 4.02. The molecular weight excluding hydrogens is 455 g/mol. The highest BCUT2D eigenvalue weighted by Crippen LogP contribution is 2.25. The number of nitrogens with zero attached hydrogens (tertiary/aromatic N) is 1. The van der Waals surface area contributed by atoms with Gasteiger partial charge in [0.15, 0.2) is 0 Å². The van der Waals surface area contributed by atoms with Crippen LogP contribution in [0.4, 0.5) is 0 Å². The lowest BCUT2D eigenvalue weighted by atomic mass is 9.95. The molecule has 0 aromatic heterocycles. The first-order valence-electron chi connectivity index (χ1n) is 11.9. The molecule has 3 rings (SSSR count). The highest BCUT2D eigenvalue weighted by Gasteiger charge is 2.30. The minimum absolute atomic E-state index is 0.0691. The van der Waals surface area contributed by atoms with Gasteiger partial charge in [-0.05, 0) is 61.9 Å². The Kier molecular flexibility index (Phi) is 9.22. The van der Waals surface area contributed by atoms with E-state index in [1.54, 1.807) is 17.0 Å². The van der Waals surface area contributed by atoms with Gasteiger partial charge < -0.3 is 10.2 Å². The molecule has 33 heavy (non-hydrogen) atoms. The molecule has 1 aliphatic carbocycles. The Bertz CT molecular complexity index is 986. The van der Waals surface area contributed by atoms with E-state index in [1.165, 1.54) is 6.42 Å². The van der Waals surface area contributed by atoms with Crippen LogP contribution in [0.25, 0.3) is 0 Å². The monoisotopic (exact) mass is 488 g/mol. The summed E-state index contributed by atoms with van der Waals surface area (Å²) in [6, 6.07) is 11.1.